The second kappa shape index (κ2) is 4.96. The highest BCUT2D eigenvalue weighted by Gasteiger charge is 2.35. The summed E-state index contributed by atoms with van der Waals surface area (Å²) >= 11 is 1.41. The summed E-state index contributed by atoms with van der Waals surface area (Å²) in [4.78, 5) is 19.3. The fourth-order valence-electron chi connectivity index (χ4n) is 2.88. The number of anilines is 1. The van der Waals surface area contributed by atoms with Crippen LogP contribution in [0.4, 0.5) is 5.69 Å². The predicted molar refractivity (Wildman–Crippen MR) is 84.6 cm³/mol. The molecule has 0 aromatic carbocycles. The summed E-state index contributed by atoms with van der Waals surface area (Å²) in [5.41, 5.74) is 6.37. The zero-order chi connectivity index (χ0) is 15.2. The molecule has 1 aliphatic rings. The van der Waals surface area contributed by atoms with Crippen LogP contribution >= 0.6 is 11.3 Å². The van der Waals surface area contributed by atoms with Gasteiger partial charge in [0, 0.05) is 30.9 Å². The first-order valence-electron chi connectivity index (χ1n) is 6.96. The van der Waals surface area contributed by atoms with Gasteiger partial charge in [-0.05, 0) is 26.8 Å². The molecule has 0 spiro atoms. The lowest BCUT2D eigenvalue weighted by molar-refractivity contribution is -0.118. The van der Waals surface area contributed by atoms with Gasteiger partial charge >= 0.3 is 0 Å². The van der Waals surface area contributed by atoms with E-state index < -0.39 is 0 Å². The highest BCUT2D eigenvalue weighted by Crippen LogP contribution is 2.34. The van der Waals surface area contributed by atoms with Crippen LogP contribution in [0.3, 0.4) is 0 Å². The van der Waals surface area contributed by atoms with Gasteiger partial charge in [0.1, 0.15) is 4.88 Å². The molecule has 0 radical (unpaired) electrons. The fraction of sp³-hybridized carbons (Fsp3) is 0.467. The molecule has 2 aromatic rings. The van der Waals surface area contributed by atoms with Crippen LogP contribution < -0.4 is 5.73 Å². The van der Waals surface area contributed by atoms with E-state index in [-0.39, 0.29) is 17.6 Å². The number of nitrogen functional groups attached to an aromatic ring is 1. The minimum absolute atomic E-state index is 0.0167. The molecule has 112 valence electrons. The first kappa shape index (κ1) is 14.3. The number of fused-ring (bicyclic) bond motifs is 1. The van der Waals surface area contributed by atoms with Gasteiger partial charge in [-0.2, -0.15) is 0 Å². The molecule has 0 aliphatic carbocycles. The van der Waals surface area contributed by atoms with E-state index in [2.05, 4.69) is 4.98 Å². The number of thiophene rings is 1. The van der Waals surface area contributed by atoms with Crippen molar-refractivity contribution in [2.24, 2.45) is 0 Å². The summed E-state index contributed by atoms with van der Waals surface area (Å²) in [7, 11) is 0. The number of carbonyl (C=O) groups is 1. The van der Waals surface area contributed by atoms with Gasteiger partial charge in [0.05, 0.1) is 22.1 Å². The first-order valence-corrected chi connectivity index (χ1v) is 7.78. The van der Waals surface area contributed by atoms with Gasteiger partial charge in [-0.3, -0.25) is 9.78 Å². The maximum atomic E-state index is 12.8. The number of hydrogen-bond donors (Lipinski definition) is 1. The SMILES string of the molecule is CC1CN(C(=O)c2sc3cnccc3c2N)CC(C)(C)O1. The second-order valence-corrected chi connectivity index (χ2v) is 7.14. The van der Waals surface area contributed by atoms with Gasteiger partial charge in [-0.15, -0.1) is 11.3 Å². The van der Waals surface area contributed by atoms with Gasteiger partial charge in [-0.1, -0.05) is 0 Å². The van der Waals surface area contributed by atoms with E-state index >= 15 is 0 Å². The van der Waals surface area contributed by atoms with Crippen LogP contribution in [-0.4, -0.2) is 40.6 Å². The topological polar surface area (TPSA) is 68.5 Å². The first-order chi connectivity index (χ1) is 9.87. The Morgan fingerprint density at radius 2 is 2.33 bits per heavy atom. The van der Waals surface area contributed by atoms with Crippen LogP contribution in [0, 0.1) is 0 Å². The molecule has 1 aliphatic heterocycles. The van der Waals surface area contributed by atoms with E-state index in [1.807, 2.05) is 31.7 Å². The van der Waals surface area contributed by atoms with Gasteiger partial charge in [0.25, 0.3) is 5.91 Å². The molecule has 2 aromatic heterocycles. The Kier molecular flexibility index (Phi) is 3.37. The molecule has 2 N–H and O–H groups in total. The number of morpholine rings is 1. The van der Waals surface area contributed by atoms with Crippen LogP contribution in [-0.2, 0) is 4.74 Å². The molecular formula is C15H19N3O2S. The van der Waals surface area contributed by atoms with Crippen LogP contribution in [0.5, 0.6) is 0 Å². The van der Waals surface area contributed by atoms with Gasteiger partial charge in [-0.25, -0.2) is 0 Å². The van der Waals surface area contributed by atoms with Crippen molar-refractivity contribution < 1.29 is 9.53 Å². The lowest BCUT2D eigenvalue weighted by atomic mass is 10.1. The number of pyridine rings is 1. The summed E-state index contributed by atoms with van der Waals surface area (Å²) < 4.78 is 6.79. The zero-order valence-electron chi connectivity index (χ0n) is 12.4. The van der Waals surface area contributed by atoms with Crippen LogP contribution in [0.15, 0.2) is 18.5 Å². The maximum absolute atomic E-state index is 12.8. The number of nitrogens with two attached hydrogens (primary N) is 1. The van der Waals surface area contributed by atoms with Gasteiger partial charge in [0.15, 0.2) is 0 Å². The molecule has 1 saturated heterocycles. The van der Waals surface area contributed by atoms with Crippen molar-refractivity contribution in [2.45, 2.75) is 32.5 Å². The summed E-state index contributed by atoms with van der Waals surface area (Å²) in [6.07, 6.45) is 3.47. The standard InChI is InChI=1S/C15H19N3O2S/c1-9-7-18(8-15(2,3)20-9)14(19)13-12(16)10-4-5-17-6-11(10)21-13/h4-6,9H,7-8,16H2,1-3H3. The minimum atomic E-state index is -0.333. The van der Waals surface area contributed by atoms with Crippen molar-refractivity contribution in [1.29, 1.82) is 0 Å². The monoisotopic (exact) mass is 305 g/mol. The Bertz CT molecular complexity index is 695. The van der Waals surface area contributed by atoms with Crippen LogP contribution in [0.1, 0.15) is 30.4 Å². The molecule has 1 atom stereocenters. The number of aromatic nitrogens is 1. The Morgan fingerprint density at radius 3 is 3.00 bits per heavy atom. The smallest absolute Gasteiger partial charge is 0.266 e. The Balaban J connectivity index is 1.95. The van der Waals surface area contributed by atoms with E-state index in [4.69, 9.17) is 10.5 Å². The molecule has 3 rings (SSSR count). The van der Waals surface area contributed by atoms with Crippen molar-refractivity contribution >= 4 is 33.0 Å². The van der Waals surface area contributed by atoms with Crippen LogP contribution in [0.25, 0.3) is 10.1 Å². The van der Waals surface area contributed by atoms with E-state index in [1.165, 1.54) is 11.3 Å². The molecule has 6 heteroatoms. The van der Waals surface area contributed by atoms with Crippen molar-refractivity contribution in [3.8, 4) is 0 Å². The normalized spacial score (nSPS) is 21.7. The third-order valence-electron chi connectivity index (χ3n) is 3.58. The van der Waals surface area contributed by atoms with Crippen molar-refractivity contribution in [3.05, 3.63) is 23.3 Å². The summed E-state index contributed by atoms with van der Waals surface area (Å²) in [6.45, 7) is 7.15. The summed E-state index contributed by atoms with van der Waals surface area (Å²) in [6, 6.07) is 1.85. The third-order valence-corrected chi connectivity index (χ3v) is 4.73. The predicted octanol–water partition coefficient (Wildman–Crippen LogP) is 2.52. The van der Waals surface area contributed by atoms with Gasteiger partial charge < -0.3 is 15.4 Å². The zero-order valence-corrected chi connectivity index (χ0v) is 13.2. The third kappa shape index (κ3) is 2.61. The van der Waals surface area contributed by atoms with Crippen molar-refractivity contribution in [3.63, 3.8) is 0 Å². The van der Waals surface area contributed by atoms with E-state index in [9.17, 15) is 4.79 Å². The summed E-state index contributed by atoms with van der Waals surface area (Å²) in [5, 5.41) is 0.902. The molecule has 1 amide bonds. The lowest BCUT2D eigenvalue weighted by Gasteiger charge is -2.41. The van der Waals surface area contributed by atoms with Crippen molar-refractivity contribution in [1.82, 2.24) is 9.88 Å². The molecule has 21 heavy (non-hydrogen) atoms. The quantitative estimate of drug-likeness (QED) is 0.879. The number of carbonyl (C=O) groups excluding carboxylic acids is 1. The Hall–Kier alpha value is -1.66. The highest BCUT2D eigenvalue weighted by atomic mass is 32.1. The van der Waals surface area contributed by atoms with E-state index in [0.717, 1.165) is 10.1 Å². The molecule has 1 unspecified atom stereocenters. The molecule has 0 saturated carbocycles. The molecule has 0 bridgehead atoms. The largest absolute Gasteiger partial charge is 0.397 e. The van der Waals surface area contributed by atoms with Gasteiger partial charge in [0.2, 0.25) is 0 Å². The number of nitrogens with zero attached hydrogens (tertiary/aromatic N) is 2. The maximum Gasteiger partial charge on any atom is 0.266 e. The van der Waals surface area contributed by atoms with Crippen LogP contribution in [0.2, 0.25) is 0 Å². The Morgan fingerprint density at radius 1 is 1.57 bits per heavy atom. The molecule has 3 heterocycles. The number of hydrogen-bond acceptors (Lipinski definition) is 5. The Labute approximate surface area is 127 Å². The van der Waals surface area contributed by atoms with E-state index in [0.29, 0.717) is 23.7 Å². The van der Waals surface area contributed by atoms with E-state index in [1.54, 1.807) is 12.4 Å². The second-order valence-electron chi connectivity index (χ2n) is 6.09. The average Bonchev–Trinajstić information content (AvgIpc) is 2.73. The molecule has 1 fully saturated rings. The molecular weight excluding hydrogens is 286 g/mol. The highest BCUT2D eigenvalue weighted by molar-refractivity contribution is 7.21. The fourth-order valence-corrected chi connectivity index (χ4v) is 3.94. The molecule has 5 nitrogen and oxygen atoms in total. The van der Waals surface area contributed by atoms with Crippen molar-refractivity contribution in [2.75, 3.05) is 18.8 Å². The number of ether oxygens (including phenoxy) is 1. The lowest BCUT2D eigenvalue weighted by Crippen LogP contribution is -2.53. The number of rotatable bonds is 1. The minimum Gasteiger partial charge on any atom is -0.397 e. The number of amides is 1. The summed E-state index contributed by atoms with van der Waals surface area (Å²) in [5.74, 6) is -0.0167. The average molecular weight is 305 g/mol.